The van der Waals surface area contributed by atoms with Crippen LogP contribution in [0.5, 0.6) is 0 Å². The number of rotatable bonds is 21. The summed E-state index contributed by atoms with van der Waals surface area (Å²) in [5.74, 6) is 0. The molecule has 0 bridgehead atoms. The minimum Gasteiger partial charge on any atom is -0.381 e. The first kappa shape index (κ1) is 28.4. The normalized spacial score (nSPS) is 11.2. The molecular formula is C29H47N3O2. The number of aromatic nitrogens is 3. The summed E-state index contributed by atoms with van der Waals surface area (Å²) < 4.78 is 11.4. The number of aryl methyl sites for hydroxylation is 2. The Morgan fingerprint density at radius 2 is 1.09 bits per heavy atom. The highest BCUT2D eigenvalue weighted by Crippen LogP contribution is 2.16. The molecule has 2 aromatic heterocycles. The summed E-state index contributed by atoms with van der Waals surface area (Å²) in [7, 11) is 0. The smallest absolute Gasteiger partial charge is 0.0900 e. The maximum absolute atomic E-state index is 5.72. The van der Waals surface area contributed by atoms with Gasteiger partial charge in [-0.3, -0.25) is 15.0 Å². The van der Waals surface area contributed by atoms with Crippen molar-refractivity contribution in [2.75, 3.05) is 26.4 Å². The zero-order chi connectivity index (χ0) is 24.1. The van der Waals surface area contributed by atoms with Crippen LogP contribution in [0.4, 0.5) is 0 Å². The van der Waals surface area contributed by atoms with E-state index in [9.17, 15) is 0 Å². The molecule has 0 radical (unpaired) electrons. The fourth-order valence-corrected chi connectivity index (χ4v) is 3.84. The minimum absolute atomic E-state index is 0.849. The summed E-state index contributed by atoms with van der Waals surface area (Å²) in [4.78, 5) is 13.8. The Balaban J connectivity index is 1.57. The third kappa shape index (κ3) is 13.1. The quantitative estimate of drug-likeness (QED) is 0.179. The third-order valence-electron chi connectivity index (χ3n) is 6.05. The molecule has 5 nitrogen and oxygen atoms in total. The Labute approximate surface area is 208 Å². The second-order valence-electron chi connectivity index (χ2n) is 9.19. The number of ether oxygens (including phenoxy) is 2. The Hall–Kier alpha value is -1.85. The molecule has 0 aliphatic rings. The van der Waals surface area contributed by atoms with Crippen molar-refractivity contribution in [3.63, 3.8) is 0 Å². The summed E-state index contributed by atoms with van der Waals surface area (Å²) in [5, 5.41) is 0. The number of unbranched alkanes of at least 4 members (excludes halogenated alkanes) is 8. The van der Waals surface area contributed by atoms with E-state index in [-0.39, 0.29) is 0 Å². The van der Waals surface area contributed by atoms with Crippen molar-refractivity contribution in [1.82, 2.24) is 15.0 Å². The van der Waals surface area contributed by atoms with Crippen molar-refractivity contribution in [1.29, 1.82) is 0 Å². The summed E-state index contributed by atoms with van der Waals surface area (Å²) in [6.07, 6.45) is 22.1. The average molecular weight is 470 g/mol. The molecule has 2 rings (SSSR count). The number of pyridine rings is 1. The maximum Gasteiger partial charge on any atom is 0.0900 e. The third-order valence-corrected chi connectivity index (χ3v) is 6.05. The fraction of sp³-hybridized carbons (Fsp3) is 0.690. The van der Waals surface area contributed by atoms with Gasteiger partial charge in [0, 0.05) is 50.1 Å². The van der Waals surface area contributed by atoms with E-state index in [1.54, 1.807) is 0 Å². The van der Waals surface area contributed by atoms with E-state index in [0.29, 0.717) is 0 Å². The lowest BCUT2D eigenvalue weighted by atomic mass is 10.1. The van der Waals surface area contributed by atoms with Gasteiger partial charge in [-0.25, -0.2) is 0 Å². The van der Waals surface area contributed by atoms with E-state index in [0.717, 1.165) is 87.6 Å². The van der Waals surface area contributed by atoms with Gasteiger partial charge in [-0.05, 0) is 63.5 Å². The van der Waals surface area contributed by atoms with Crippen LogP contribution in [0.25, 0.3) is 11.3 Å². The molecule has 0 saturated heterocycles. The lowest BCUT2D eigenvalue weighted by Crippen LogP contribution is -1.99. The van der Waals surface area contributed by atoms with Gasteiger partial charge < -0.3 is 9.47 Å². The largest absolute Gasteiger partial charge is 0.381 e. The number of hydrogen-bond acceptors (Lipinski definition) is 5. The van der Waals surface area contributed by atoms with Gasteiger partial charge in [0.15, 0.2) is 0 Å². The second kappa shape index (κ2) is 19.5. The van der Waals surface area contributed by atoms with Crippen LogP contribution in [-0.2, 0) is 22.3 Å². The van der Waals surface area contributed by atoms with Crippen molar-refractivity contribution in [3.8, 4) is 11.3 Å². The van der Waals surface area contributed by atoms with Crippen LogP contribution in [0.3, 0.4) is 0 Å². The highest BCUT2D eigenvalue weighted by Gasteiger charge is 2.03. The molecule has 0 atom stereocenters. The first-order chi connectivity index (χ1) is 16.8. The molecule has 0 aromatic carbocycles. The lowest BCUT2D eigenvalue weighted by molar-refractivity contribution is 0.126. The van der Waals surface area contributed by atoms with Crippen LogP contribution in [0.15, 0.2) is 30.7 Å². The lowest BCUT2D eigenvalue weighted by Gasteiger charge is -2.06. The van der Waals surface area contributed by atoms with Crippen LogP contribution in [0, 0.1) is 0 Å². The molecule has 0 aliphatic heterocycles. The second-order valence-corrected chi connectivity index (χ2v) is 9.19. The fourth-order valence-electron chi connectivity index (χ4n) is 3.84. The van der Waals surface area contributed by atoms with Crippen molar-refractivity contribution < 1.29 is 9.47 Å². The van der Waals surface area contributed by atoms with Crippen molar-refractivity contribution in [2.24, 2.45) is 0 Å². The molecule has 5 heteroatoms. The van der Waals surface area contributed by atoms with Gasteiger partial charge >= 0.3 is 0 Å². The van der Waals surface area contributed by atoms with Crippen molar-refractivity contribution in [2.45, 2.75) is 104 Å². The topological polar surface area (TPSA) is 57.1 Å². The van der Waals surface area contributed by atoms with E-state index in [1.165, 1.54) is 51.4 Å². The highest BCUT2D eigenvalue weighted by atomic mass is 16.5. The summed E-state index contributed by atoms with van der Waals surface area (Å²) in [5.41, 5.74) is 4.08. The van der Waals surface area contributed by atoms with Crippen LogP contribution in [0.1, 0.15) is 102 Å². The van der Waals surface area contributed by atoms with Gasteiger partial charge in [0.05, 0.1) is 17.6 Å². The first-order valence-corrected chi connectivity index (χ1v) is 13.7. The molecular weight excluding hydrogens is 422 g/mol. The van der Waals surface area contributed by atoms with Gasteiger partial charge in [0.2, 0.25) is 0 Å². The molecule has 0 spiro atoms. The molecule has 2 aromatic rings. The molecule has 0 amide bonds. The molecule has 0 aliphatic carbocycles. The van der Waals surface area contributed by atoms with Crippen LogP contribution >= 0.6 is 0 Å². The van der Waals surface area contributed by atoms with Gasteiger partial charge in [-0.1, -0.05) is 52.4 Å². The Kier molecular flexibility index (Phi) is 16.2. The van der Waals surface area contributed by atoms with Crippen molar-refractivity contribution >= 4 is 0 Å². The van der Waals surface area contributed by atoms with E-state index in [4.69, 9.17) is 9.47 Å². The monoisotopic (exact) mass is 469 g/mol. The molecule has 0 saturated carbocycles. The van der Waals surface area contributed by atoms with Crippen LogP contribution < -0.4 is 0 Å². The average Bonchev–Trinajstić information content (AvgIpc) is 2.87. The molecule has 0 fully saturated rings. The minimum atomic E-state index is 0.849. The molecule has 190 valence electrons. The Morgan fingerprint density at radius 1 is 0.529 bits per heavy atom. The SMILES string of the molecule is CCCCCCOCCCCc1ccc(-c2cnc(CCCCOCCCCCC)cn2)cn1. The van der Waals surface area contributed by atoms with Gasteiger partial charge in [0.1, 0.15) is 0 Å². The number of hydrogen-bond donors (Lipinski definition) is 0. The zero-order valence-electron chi connectivity index (χ0n) is 21.8. The van der Waals surface area contributed by atoms with Crippen molar-refractivity contribution in [3.05, 3.63) is 42.1 Å². The van der Waals surface area contributed by atoms with E-state index < -0.39 is 0 Å². The molecule has 0 N–H and O–H groups in total. The molecule has 0 unspecified atom stereocenters. The summed E-state index contributed by atoms with van der Waals surface area (Å²) in [6, 6.07) is 4.22. The standard InChI is InChI=1S/C29H47N3O2/c1-3-5-7-11-19-33-21-13-9-15-27-18-17-26(23-30-27)29-25-31-28(24-32-29)16-10-14-22-34-20-12-8-6-4-2/h17-18,23-25H,3-16,19-22H2,1-2H3. The predicted molar refractivity (Wildman–Crippen MR) is 141 cm³/mol. The Bertz CT molecular complexity index is 656. The molecule has 34 heavy (non-hydrogen) atoms. The number of nitrogens with zero attached hydrogens (tertiary/aromatic N) is 3. The summed E-state index contributed by atoms with van der Waals surface area (Å²) >= 11 is 0. The van der Waals surface area contributed by atoms with E-state index in [1.807, 2.05) is 18.6 Å². The summed E-state index contributed by atoms with van der Waals surface area (Å²) in [6.45, 7) is 7.98. The van der Waals surface area contributed by atoms with Crippen LogP contribution in [0.2, 0.25) is 0 Å². The highest BCUT2D eigenvalue weighted by molar-refractivity contribution is 5.56. The zero-order valence-corrected chi connectivity index (χ0v) is 21.8. The van der Waals surface area contributed by atoms with Crippen LogP contribution in [-0.4, -0.2) is 41.4 Å². The first-order valence-electron chi connectivity index (χ1n) is 13.7. The maximum atomic E-state index is 5.72. The van der Waals surface area contributed by atoms with Gasteiger partial charge in [-0.2, -0.15) is 0 Å². The Morgan fingerprint density at radius 3 is 1.59 bits per heavy atom. The van der Waals surface area contributed by atoms with Gasteiger partial charge in [0.25, 0.3) is 0 Å². The van der Waals surface area contributed by atoms with Gasteiger partial charge in [-0.15, -0.1) is 0 Å². The van der Waals surface area contributed by atoms with E-state index in [2.05, 4.69) is 40.9 Å². The predicted octanol–water partition coefficient (Wildman–Crippen LogP) is 7.38. The van der Waals surface area contributed by atoms with E-state index >= 15 is 0 Å². The molecule has 2 heterocycles.